The predicted molar refractivity (Wildman–Crippen MR) is 148 cm³/mol. The monoisotopic (exact) mass is 574 g/mol. The molecule has 0 amide bonds. The Morgan fingerprint density at radius 1 is 0.947 bits per heavy atom. The first kappa shape index (κ1) is 26.4. The highest BCUT2D eigenvalue weighted by molar-refractivity contribution is 6.00. The fraction of sp³-hybridized carbons (Fsp3) is 0.344. The van der Waals surface area contributed by atoms with Crippen LogP contribution in [-0.4, -0.2) is 20.4 Å². The molecule has 0 bridgehead atoms. The summed E-state index contributed by atoms with van der Waals surface area (Å²) in [6.07, 6.45) is 9.05. The highest BCUT2D eigenvalue weighted by Gasteiger charge is 2.32. The third-order valence-corrected chi connectivity index (χ3v) is 7.64. The van der Waals surface area contributed by atoms with Gasteiger partial charge in [0.15, 0.2) is 24.2 Å². The van der Waals surface area contributed by atoms with Gasteiger partial charge in [0.2, 0.25) is 12.5 Å². The SMILES string of the molecule is CCCCCCNc1c(OC)ccc2c(Cc3ccccc3)c3[n+](cc12)CCc1cc2c(cc1-3)OCO2.[Br-]. The molecule has 3 heterocycles. The highest BCUT2D eigenvalue weighted by Crippen LogP contribution is 2.43. The molecule has 3 aromatic carbocycles. The first-order valence-corrected chi connectivity index (χ1v) is 13.5. The van der Waals surface area contributed by atoms with Crippen LogP contribution in [0.3, 0.4) is 0 Å². The van der Waals surface area contributed by atoms with Gasteiger partial charge in [-0.2, -0.15) is 4.57 Å². The number of hydrogen-bond acceptors (Lipinski definition) is 4. The van der Waals surface area contributed by atoms with Gasteiger partial charge in [-0.05, 0) is 41.8 Å². The summed E-state index contributed by atoms with van der Waals surface area (Å²) in [6, 6.07) is 19.5. The molecule has 0 fully saturated rings. The van der Waals surface area contributed by atoms with Crippen LogP contribution in [0.1, 0.15) is 49.3 Å². The average Bonchev–Trinajstić information content (AvgIpc) is 3.39. The molecule has 2 aliphatic rings. The number of anilines is 1. The van der Waals surface area contributed by atoms with Crippen LogP contribution in [0, 0.1) is 0 Å². The van der Waals surface area contributed by atoms with Crippen molar-refractivity contribution >= 4 is 16.5 Å². The summed E-state index contributed by atoms with van der Waals surface area (Å²) in [5.74, 6) is 2.59. The zero-order valence-corrected chi connectivity index (χ0v) is 23.8. The van der Waals surface area contributed by atoms with Crippen molar-refractivity contribution < 1.29 is 35.8 Å². The second kappa shape index (κ2) is 11.6. The number of nitrogens with zero attached hydrogens (tertiary/aromatic N) is 1. The summed E-state index contributed by atoms with van der Waals surface area (Å²) in [7, 11) is 1.76. The number of pyridine rings is 1. The molecule has 0 saturated heterocycles. The number of aryl methyl sites for hydroxylation is 2. The molecule has 0 spiro atoms. The van der Waals surface area contributed by atoms with Gasteiger partial charge in [-0.25, -0.2) is 0 Å². The summed E-state index contributed by atoms with van der Waals surface area (Å²) in [5, 5.41) is 6.22. The Kier molecular flexibility index (Phi) is 8.08. The fourth-order valence-electron chi connectivity index (χ4n) is 5.76. The molecule has 1 N–H and O–H groups in total. The van der Waals surface area contributed by atoms with E-state index in [0.29, 0.717) is 6.79 Å². The van der Waals surface area contributed by atoms with Crippen molar-refractivity contribution in [2.45, 2.75) is 52.0 Å². The van der Waals surface area contributed by atoms with Crippen LogP contribution in [0.5, 0.6) is 17.2 Å². The van der Waals surface area contributed by atoms with E-state index in [9.17, 15) is 0 Å². The maximum Gasteiger partial charge on any atom is 0.231 e. The molecule has 6 rings (SSSR count). The zero-order valence-electron chi connectivity index (χ0n) is 22.2. The minimum absolute atomic E-state index is 0. The topological polar surface area (TPSA) is 43.6 Å². The lowest BCUT2D eigenvalue weighted by atomic mass is 9.88. The summed E-state index contributed by atoms with van der Waals surface area (Å²) in [6.45, 7) is 4.41. The number of benzene rings is 3. The zero-order chi connectivity index (χ0) is 25.2. The van der Waals surface area contributed by atoms with E-state index >= 15 is 0 Å². The van der Waals surface area contributed by atoms with Gasteiger partial charge in [-0.15, -0.1) is 0 Å². The molecular weight excluding hydrogens is 540 g/mol. The van der Waals surface area contributed by atoms with E-state index in [2.05, 4.69) is 77.6 Å². The minimum Gasteiger partial charge on any atom is -1.00 e. The number of halogens is 1. The van der Waals surface area contributed by atoms with Gasteiger partial charge in [0, 0.05) is 30.3 Å². The molecule has 4 aromatic rings. The largest absolute Gasteiger partial charge is 1.00 e. The molecule has 38 heavy (non-hydrogen) atoms. The maximum absolute atomic E-state index is 5.84. The van der Waals surface area contributed by atoms with Crippen LogP contribution in [0.2, 0.25) is 0 Å². The minimum atomic E-state index is 0. The first-order chi connectivity index (χ1) is 18.3. The molecule has 0 atom stereocenters. The van der Waals surface area contributed by atoms with Gasteiger partial charge in [0.1, 0.15) is 5.75 Å². The van der Waals surface area contributed by atoms with Gasteiger partial charge in [0.05, 0.1) is 23.7 Å². The Morgan fingerprint density at radius 3 is 2.55 bits per heavy atom. The van der Waals surface area contributed by atoms with Crippen molar-refractivity contribution in [1.29, 1.82) is 0 Å². The van der Waals surface area contributed by atoms with Crippen LogP contribution in [0.4, 0.5) is 5.69 Å². The maximum atomic E-state index is 5.84. The molecule has 1 aromatic heterocycles. The molecule has 198 valence electrons. The van der Waals surface area contributed by atoms with Crippen LogP contribution < -0.4 is 41.1 Å². The molecule has 0 radical (unpaired) electrons. The summed E-state index contributed by atoms with van der Waals surface area (Å²) in [5.41, 5.74) is 7.57. The van der Waals surface area contributed by atoms with Crippen molar-refractivity contribution in [3.05, 3.63) is 77.5 Å². The fourth-order valence-corrected chi connectivity index (χ4v) is 5.76. The molecule has 5 nitrogen and oxygen atoms in total. The second-order valence-electron chi connectivity index (χ2n) is 10.0. The van der Waals surface area contributed by atoms with E-state index in [1.807, 2.05) is 0 Å². The number of fused-ring (bicyclic) bond motifs is 5. The number of hydrogen-bond donors (Lipinski definition) is 1. The van der Waals surface area contributed by atoms with Crippen LogP contribution >= 0.6 is 0 Å². The quantitative estimate of drug-likeness (QED) is 0.245. The predicted octanol–water partition coefficient (Wildman–Crippen LogP) is 3.67. The first-order valence-electron chi connectivity index (χ1n) is 13.5. The van der Waals surface area contributed by atoms with Crippen molar-refractivity contribution in [1.82, 2.24) is 0 Å². The Hall–Kier alpha value is -3.25. The standard InChI is InChI=1S/C32H34N2O3.BrH/c1-3-4-5-9-15-33-31-27-20-34-16-14-23-18-29-30(37-21-36-29)19-25(23)32(34)26(17-22-10-7-6-8-11-22)24(27)12-13-28(31)35-2;/h6-8,10-13,18-20H,3-5,9,14-17,21H2,1-2H3;1H. The van der Waals surface area contributed by atoms with Gasteiger partial charge < -0.3 is 36.5 Å². The van der Waals surface area contributed by atoms with E-state index in [1.54, 1.807) is 7.11 Å². The summed E-state index contributed by atoms with van der Waals surface area (Å²) >= 11 is 0. The lowest BCUT2D eigenvalue weighted by Gasteiger charge is -2.22. The van der Waals surface area contributed by atoms with Crippen molar-refractivity contribution in [3.8, 4) is 28.5 Å². The van der Waals surface area contributed by atoms with Crippen molar-refractivity contribution in [2.24, 2.45) is 0 Å². The Morgan fingerprint density at radius 2 is 1.76 bits per heavy atom. The van der Waals surface area contributed by atoms with Gasteiger partial charge in [0.25, 0.3) is 0 Å². The normalized spacial score (nSPS) is 13.0. The molecular formula is C32H35BrN2O3. The second-order valence-corrected chi connectivity index (χ2v) is 10.0. The van der Waals surface area contributed by atoms with Crippen molar-refractivity contribution in [2.75, 3.05) is 25.8 Å². The van der Waals surface area contributed by atoms with Gasteiger partial charge >= 0.3 is 0 Å². The smallest absolute Gasteiger partial charge is 0.231 e. The van der Waals surface area contributed by atoms with Crippen molar-refractivity contribution in [3.63, 3.8) is 0 Å². The number of nitrogens with one attached hydrogen (secondary N) is 1. The lowest BCUT2D eigenvalue weighted by Crippen LogP contribution is -3.00. The molecule has 0 unspecified atom stereocenters. The Balaban J connectivity index is 0.00000294. The summed E-state index contributed by atoms with van der Waals surface area (Å²) < 4.78 is 19.8. The van der Waals surface area contributed by atoms with E-state index in [4.69, 9.17) is 14.2 Å². The van der Waals surface area contributed by atoms with Crippen LogP contribution in [0.15, 0.2) is 60.8 Å². The number of aromatic nitrogens is 1. The number of rotatable bonds is 9. The Labute approximate surface area is 235 Å². The molecule has 2 aliphatic heterocycles. The summed E-state index contributed by atoms with van der Waals surface area (Å²) in [4.78, 5) is 0. The van der Waals surface area contributed by atoms with E-state index in [1.165, 1.54) is 58.0 Å². The Bertz CT molecular complexity index is 1440. The third-order valence-electron chi connectivity index (χ3n) is 7.64. The number of methoxy groups -OCH3 is 1. The molecule has 6 heteroatoms. The highest BCUT2D eigenvalue weighted by atomic mass is 79.9. The molecule has 0 aliphatic carbocycles. The average molecular weight is 576 g/mol. The van der Waals surface area contributed by atoms with E-state index in [0.717, 1.165) is 55.3 Å². The van der Waals surface area contributed by atoms with E-state index < -0.39 is 0 Å². The van der Waals surface area contributed by atoms with Crippen LogP contribution in [0.25, 0.3) is 22.0 Å². The number of ether oxygens (including phenoxy) is 3. The van der Waals surface area contributed by atoms with Gasteiger partial charge in [-0.3, -0.25) is 0 Å². The number of unbranched alkanes of at least 4 members (excludes halogenated alkanes) is 3. The van der Waals surface area contributed by atoms with Crippen LogP contribution in [-0.2, 0) is 19.4 Å². The third kappa shape index (κ3) is 4.94. The van der Waals surface area contributed by atoms with Gasteiger partial charge in [-0.1, -0.05) is 56.5 Å². The van der Waals surface area contributed by atoms with E-state index in [-0.39, 0.29) is 17.0 Å². The lowest BCUT2D eigenvalue weighted by molar-refractivity contribution is -0.686. The molecule has 0 saturated carbocycles.